The molecule has 5 nitrogen and oxygen atoms in total. The van der Waals surface area contributed by atoms with Crippen LogP contribution >= 0.6 is 11.3 Å². The van der Waals surface area contributed by atoms with Gasteiger partial charge in [-0.3, -0.25) is 10.2 Å². The Morgan fingerprint density at radius 1 is 1.19 bits per heavy atom. The molecule has 21 heavy (non-hydrogen) atoms. The maximum atomic E-state index is 11.3. The van der Waals surface area contributed by atoms with Gasteiger partial charge in [-0.15, -0.1) is 11.3 Å². The number of carbonyl (C=O) groups is 1. The van der Waals surface area contributed by atoms with Crippen molar-refractivity contribution < 1.29 is 9.53 Å². The monoisotopic (exact) mass is 299 g/mol. The zero-order valence-electron chi connectivity index (χ0n) is 11.1. The Kier molecular flexibility index (Phi) is 3.81. The first-order chi connectivity index (χ1) is 10.3. The molecule has 0 saturated carbocycles. The number of fused-ring (bicyclic) bond motifs is 1. The van der Waals surface area contributed by atoms with Gasteiger partial charge in [0.15, 0.2) is 0 Å². The summed E-state index contributed by atoms with van der Waals surface area (Å²) in [6.45, 7) is 0.405. The number of nitrogen functional groups attached to an aromatic ring is 1. The molecular weight excluding hydrogens is 286 g/mol. The number of hydrogen-bond donors (Lipinski definition) is 2. The number of ether oxygens (including phenoxy) is 1. The number of nitrogens with zero attached hydrogens (tertiary/aromatic N) is 1. The van der Waals surface area contributed by atoms with E-state index in [9.17, 15) is 4.79 Å². The van der Waals surface area contributed by atoms with Gasteiger partial charge >= 0.3 is 0 Å². The molecule has 0 radical (unpaired) electrons. The van der Waals surface area contributed by atoms with E-state index < -0.39 is 0 Å². The van der Waals surface area contributed by atoms with Crippen molar-refractivity contribution in [3.05, 3.63) is 59.1 Å². The highest BCUT2D eigenvalue weighted by molar-refractivity contribution is 7.18. The minimum Gasteiger partial charge on any atom is -0.486 e. The lowest BCUT2D eigenvalue weighted by atomic mass is 10.2. The van der Waals surface area contributed by atoms with Gasteiger partial charge in [-0.2, -0.15) is 0 Å². The number of nitrogens with one attached hydrogen (secondary N) is 1. The fraction of sp³-hybridized carbons (Fsp3) is 0.0667. The van der Waals surface area contributed by atoms with Gasteiger partial charge in [0, 0.05) is 5.56 Å². The molecule has 1 aromatic heterocycles. The third kappa shape index (κ3) is 3.01. The maximum absolute atomic E-state index is 11.3. The summed E-state index contributed by atoms with van der Waals surface area (Å²) in [5, 5.41) is 0.917. The van der Waals surface area contributed by atoms with E-state index in [1.165, 1.54) is 0 Å². The molecule has 2 aromatic carbocycles. The van der Waals surface area contributed by atoms with Crippen molar-refractivity contribution in [1.82, 2.24) is 10.4 Å². The summed E-state index contributed by atoms with van der Waals surface area (Å²) in [6.07, 6.45) is 0. The van der Waals surface area contributed by atoms with Gasteiger partial charge in [0.1, 0.15) is 17.4 Å². The van der Waals surface area contributed by atoms with Crippen LogP contribution in [0.1, 0.15) is 15.4 Å². The minimum absolute atomic E-state index is 0.326. The smallest absolute Gasteiger partial charge is 0.265 e. The average molecular weight is 299 g/mol. The molecule has 0 fully saturated rings. The number of amides is 1. The number of benzene rings is 2. The molecule has 6 heteroatoms. The van der Waals surface area contributed by atoms with Crippen molar-refractivity contribution in [3.8, 4) is 5.75 Å². The van der Waals surface area contributed by atoms with Gasteiger partial charge in [-0.25, -0.2) is 10.8 Å². The highest BCUT2D eigenvalue weighted by atomic mass is 32.1. The van der Waals surface area contributed by atoms with E-state index >= 15 is 0 Å². The first-order valence-corrected chi connectivity index (χ1v) is 7.16. The molecule has 1 heterocycles. The van der Waals surface area contributed by atoms with Crippen LogP contribution in [0.4, 0.5) is 0 Å². The van der Waals surface area contributed by atoms with E-state index in [2.05, 4.69) is 10.4 Å². The fourth-order valence-electron chi connectivity index (χ4n) is 1.91. The van der Waals surface area contributed by atoms with Crippen LogP contribution in [0.15, 0.2) is 48.5 Å². The van der Waals surface area contributed by atoms with E-state index in [0.29, 0.717) is 17.9 Å². The summed E-state index contributed by atoms with van der Waals surface area (Å²) < 4.78 is 6.82. The lowest BCUT2D eigenvalue weighted by molar-refractivity contribution is 0.0953. The number of hydrazine groups is 1. The van der Waals surface area contributed by atoms with Gasteiger partial charge < -0.3 is 4.74 Å². The summed E-state index contributed by atoms with van der Waals surface area (Å²) in [7, 11) is 0. The highest BCUT2D eigenvalue weighted by Crippen LogP contribution is 2.23. The van der Waals surface area contributed by atoms with E-state index in [1.54, 1.807) is 35.6 Å². The predicted molar refractivity (Wildman–Crippen MR) is 82.0 cm³/mol. The Bertz CT molecular complexity index is 735. The molecule has 0 aliphatic carbocycles. The molecule has 3 rings (SSSR count). The lowest BCUT2D eigenvalue weighted by Crippen LogP contribution is -2.29. The minimum atomic E-state index is -0.326. The van der Waals surface area contributed by atoms with E-state index in [-0.39, 0.29) is 5.91 Å². The third-order valence-electron chi connectivity index (χ3n) is 2.95. The zero-order valence-corrected chi connectivity index (χ0v) is 11.9. The molecule has 0 unspecified atom stereocenters. The van der Waals surface area contributed by atoms with Crippen molar-refractivity contribution in [2.24, 2.45) is 5.84 Å². The second-order valence-electron chi connectivity index (χ2n) is 4.36. The third-order valence-corrected chi connectivity index (χ3v) is 3.96. The molecule has 0 atom stereocenters. The van der Waals surface area contributed by atoms with Gasteiger partial charge in [0.25, 0.3) is 5.91 Å². The summed E-state index contributed by atoms with van der Waals surface area (Å²) in [5.74, 6) is 5.43. The van der Waals surface area contributed by atoms with Crippen molar-refractivity contribution in [2.75, 3.05) is 0 Å². The van der Waals surface area contributed by atoms with Gasteiger partial charge in [0.2, 0.25) is 0 Å². The molecule has 0 spiro atoms. The molecular formula is C15H13N3O2S. The number of aromatic nitrogens is 1. The van der Waals surface area contributed by atoms with Gasteiger partial charge in [0.05, 0.1) is 10.2 Å². The van der Waals surface area contributed by atoms with Crippen LogP contribution in [0.5, 0.6) is 5.75 Å². The van der Waals surface area contributed by atoms with E-state index in [4.69, 9.17) is 10.6 Å². The topological polar surface area (TPSA) is 77.2 Å². The van der Waals surface area contributed by atoms with Crippen LogP contribution < -0.4 is 16.0 Å². The first kappa shape index (κ1) is 13.5. The molecule has 1 amide bonds. The molecule has 3 N–H and O–H groups in total. The van der Waals surface area contributed by atoms with E-state index in [0.717, 1.165) is 15.2 Å². The maximum Gasteiger partial charge on any atom is 0.265 e. The molecule has 0 bridgehead atoms. The lowest BCUT2D eigenvalue weighted by Gasteiger charge is -2.05. The molecule has 0 aliphatic rings. The number of para-hydroxylation sites is 1. The molecule has 3 aromatic rings. The Morgan fingerprint density at radius 3 is 2.67 bits per heavy atom. The number of nitrogens with two attached hydrogens (primary N) is 1. The van der Waals surface area contributed by atoms with E-state index in [1.807, 2.05) is 24.3 Å². The second-order valence-corrected chi connectivity index (χ2v) is 5.48. The fourth-order valence-corrected chi connectivity index (χ4v) is 2.79. The molecule has 0 aliphatic heterocycles. The predicted octanol–water partition coefficient (Wildman–Crippen LogP) is 2.48. The second kappa shape index (κ2) is 5.90. The highest BCUT2D eigenvalue weighted by Gasteiger charge is 2.05. The van der Waals surface area contributed by atoms with Crippen LogP contribution in [0.3, 0.4) is 0 Å². The van der Waals surface area contributed by atoms with Crippen molar-refractivity contribution in [1.29, 1.82) is 0 Å². The van der Waals surface area contributed by atoms with Crippen LogP contribution in [-0.2, 0) is 6.61 Å². The Morgan fingerprint density at radius 2 is 1.95 bits per heavy atom. The van der Waals surface area contributed by atoms with Crippen LogP contribution in [0.25, 0.3) is 10.2 Å². The number of carbonyl (C=O) groups excluding carboxylic acids is 1. The zero-order chi connectivity index (χ0) is 14.7. The average Bonchev–Trinajstić information content (AvgIpc) is 2.95. The number of hydrogen-bond acceptors (Lipinski definition) is 5. The number of rotatable bonds is 4. The van der Waals surface area contributed by atoms with Crippen LogP contribution in [0, 0.1) is 0 Å². The first-order valence-electron chi connectivity index (χ1n) is 6.34. The standard InChI is InChI=1S/C15H13N3O2S/c16-18-15(19)10-5-7-11(8-6-10)20-9-14-17-12-3-1-2-4-13(12)21-14/h1-8H,9,16H2,(H,18,19). The normalized spacial score (nSPS) is 10.5. The largest absolute Gasteiger partial charge is 0.486 e. The quantitative estimate of drug-likeness (QED) is 0.441. The SMILES string of the molecule is NNC(=O)c1ccc(OCc2nc3ccccc3s2)cc1. The summed E-state index contributed by atoms with van der Waals surface area (Å²) >= 11 is 1.61. The van der Waals surface area contributed by atoms with Gasteiger partial charge in [-0.05, 0) is 36.4 Å². The molecule has 0 saturated heterocycles. The van der Waals surface area contributed by atoms with Gasteiger partial charge in [-0.1, -0.05) is 12.1 Å². The van der Waals surface area contributed by atoms with Crippen molar-refractivity contribution in [2.45, 2.75) is 6.61 Å². The van der Waals surface area contributed by atoms with Crippen LogP contribution in [-0.4, -0.2) is 10.9 Å². The van der Waals surface area contributed by atoms with Crippen LogP contribution in [0.2, 0.25) is 0 Å². The van der Waals surface area contributed by atoms with Crippen molar-refractivity contribution in [3.63, 3.8) is 0 Å². The summed E-state index contributed by atoms with van der Waals surface area (Å²) in [4.78, 5) is 15.8. The van der Waals surface area contributed by atoms with Crippen molar-refractivity contribution >= 4 is 27.5 Å². The Balaban J connectivity index is 1.68. The molecule has 106 valence electrons. The summed E-state index contributed by atoms with van der Waals surface area (Å²) in [5.41, 5.74) is 3.56. The Hall–Kier alpha value is -2.44. The summed E-state index contributed by atoms with van der Waals surface area (Å²) in [6, 6.07) is 14.8. The Labute approximate surface area is 125 Å². The number of thiazole rings is 1.